The van der Waals surface area contributed by atoms with Crippen LogP contribution in [0.1, 0.15) is 13.3 Å². The zero-order valence-corrected chi connectivity index (χ0v) is 16.8. The van der Waals surface area contributed by atoms with Gasteiger partial charge in [0.15, 0.2) is 4.80 Å². The van der Waals surface area contributed by atoms with E-state index in [0.29, 0.717) is 35.0 Å². The summed E-state index contributed by atoms with van der Waals surface area (Å²) in [4.78, 5) is 27.7. The average Bonchev–Trinajstić information content (AvgIpc) is 3.05. The molecule has 0 fully saturated rings. The van der Waals surface area contributed by atoms with Gasteiger partial charge in [0.25, 0.3) is 11.6 Å². The van der Waals surface area contributed by atoms with Crippen molar-refractivity contribution in [1.29, 1.82) is 0 Å². The summed E-state index contributed by atoms with van der Waals surface area (Å²) in [5, 5.41) is 11.1. The predicted molar refractivity (Wildman–Crippen MR) is 110 cm³/mol. The van der Waals surface area contributed by atoms with Crippen LogP contribution in [-0.2, 0) is 16.1 Å². The molecule has 0 saturated heterocycles. The number of nitro benzene ring substituents is 1. The smallest absolute Gasteiger partial charge is 0.270 e. The minimum Gasteiger partial charge on any atom is -0.493 e. The maximum atomic E-state index is 12.3. The molecule has 9 heteroatoms. The van der Waals surface area contributed by atoms with E-state index in [0.717, 1.165) is 5.52 Å². The lowest BCUT2D eigenvalue weighted by Crippen LogP contribution is -2.20. The van der Waals surface area contributed by atoms with Gasteiger partial charge in [-0.15, -0.1) is 0 Å². The van der Waals surface area contributed by atoms with Crippen LogP contribution in [-0.4, -0.2) is 35.2 Å². The standard InChI is InChI=1S/C20H21N3O5S/c1-2-27-13-11-22-17-9-8-15(23(25)26)14-18(17)29-20(22)21-19(24)10-12-28-16-6-4-3-5-7-16/h3-9,14H,2,10-13H2,1H3. The molecular formula is C20H21N3O5S. The van der Waals surface area contributed by atoms with Gasteiger partial charge in [-0.25, -0.2) is 0 Å². The van der Waals surface area contributed by atoms with E-state index in [4.69, 9.17) is 9.47 Å². The number of fused-ring (bicyclic) bond motifs is 1. The second kappa shape index (κ2) is 9.94. The van der Waals surface area contributed by atoms with Gasteiger partial charge in [-0.1, -0.05) is 29.5 Å². The van der Waals surface area contributed by atoms with E-state index < -0.39 is 4.92 Å². The Morgan fingerprint density at radius 1 is 1.21 bits per heavy atom. The third-order valence-electron chi connectivity index (χ3n) is 4.09. The molecule has 1 amide bonds. The van der Waals surface area contributed by atoms with Crippen LogP contribution in [0, 0.1) is 10.1 Å². The summed E-state index contributed by atoms with van der Waals surface area (Å²) in [7, 11) is 0. The molecule has 0 saturated carbocycles. The van der Waals surface area contributed by atoms with E-state index >= 15 is 0 Å². The first-order valence-corrected chi connectivity index (χ1v) is 10.0. The summed E-state index contributed by atoms with van der Waals surface area (Å²) in [6, 6.07) is 13.9. The number of amides is 1. The Kier molecular flexibility index (Phi) is 7.09. The Balaban J connectivity index is 1.81. The minimum atomic E-state index is -0.438. The van der Waals surface area contributed by atoms with E-state index in [2.05, 4.69) is 4.99 Å². The summed E-state index contributed by atoms with van der Waals surface area (Å²) in [5.74, 6) is 0.383. The Hall–Kier alpha value is -3.04. The minimum absolute atomic E-state index is 0.00449. The van der Waals surface area contributed by atoms with Crippen LogP contribution < -0.4 is 9.54 Å². The Bertz CT molecular complexity index is 1060. The van der Waals surface area contributed by atoms with Crippen LogP contribution in [0.3, 0.4) is 0 Å². The van der Waals surface area contributed by atoms with Gasteiger partial charge in [-0.3, -0.25) is 14.9 Å². The topological polar surface area (TPSA) is 96.0 Å². The van der Waals surface area contributed by atoms with Crippen molar-refractivity contribution in [3.8, 4) is 5.75 Å². The number of hydrogen-bond donors (Lipinski definition) is 0. The number of hydrogen-bond acceptors (Lipinski definition) is 6. The van der Waals surface area contributed by atoms with Gasteiger partial charge in [0.2, 0.25) is 0 Å². The summed E-state index contributed by atoms with van der Waals surface area (Å²) in [6.07, 6.45) is 0.134. The fraction of sp³-hybridized carbons (Fsp3) is 0.300. The molecule has 8 nitrogen and oxygen atoms in total. The molecule has 29 heavy (non-hydrogen) atoms. The molecule has 0 bridgehead atoms. The number of carbonyl (C=O) groups is 1. The Morgan fingerprint density at radius 2 is 2.00 bits per heavy atom. The molecule has 3 rings (SSSR count). The molecule has 2 aromatic carbocycles. The van der Waals surface area contributed by atoms with Crippen molar-refractivity contribution in [2.75, 3.05) is 19.8 Å². The number of thiazole rings is 1. The van der Waals surface area contributed by atoms with Crippen LogP contribution in [0.2, 0.25) is 0 Å². The van der Waals surface area contributed by atoms with E-state index in [9.17, 15) is 14.9 Å². The molecule has 1 heterocycles. The van der Waals surface area contributed by atoms with Crippen LogP contribution in [0.15, 0.2) is 53.5 Å². The van der Waals surface area contributed by atoms with E-state index in [-0.39, 0.29) is 24.6 Å². The van der Waals surface area contributed by atoms with Crippen molar-refractivity contribution in [3.05, 3.63) is 63.4 Å². The molecule has 0 aliphatic rings. The van der Waals surface area contributed by atoms with Gasteiger partial charge < -0.3 is 14.0 Å². The number of nitro groups is 1. The number of carbonyl (C=O) groups excluding carboxylic acids is 1. The van der Waals surface area contributed by atoms with Crippen LogP contribution >= 0.6 is 11.3 Å². The Labute approximate surface area is 171 Å². The summed E-state index contributed by atoms with van der Waals surface area (Å²) < 4.78 is 13.5. The lowest BCUT2D eigenvalue weighted by Gasteiger charge is -2.05. The van der Waals surface area contributed by atoms with Gasteiger partial charge in [0, 0.05) is 25.3 Å². The maximum Gasteiger partial charge on any atom is 0.270 e. The third kappa shape index (κ3) is 5.49. The molecule has 0 N–H and O–H groups in total. The fourth-order valence-corrected chi connectivity index (χ4v) is 3.82. The normalized spacial score (nSPS) is 11.7. The predicted octanol–water partition coefficient (Wildman–Crippen LogP) is 3.54. The van der Waals surface area contributed by atoms with E-state index in [1.165, 1.54) is 23.5 Å². The largest absolute Gasteiger partial charge is 0.493 e. The monoisotopic (exact) mass is 415 g/mol. The summed E-state index contributed by atoms with van der Waals surface area (Å²) in [6.45, 7) is 3.66. The number of ether oxygens (including phenoxy) is 2. The number of nitrogens with zero attached hydrogens (tertiary/aromatic N) is 3. The van der Waals surface area contributed by atoms with Gasteiger partial charge >= 0.3 is 0 Å². The average molecular weight is 415 g/mol. The second-order valence-electron chi connectivity index (χ2n) is 6.06. The van der Waals surface area contributed by atoms with Crippen molar-refractivity contribution in [2.24, 2.45) is 4.99 Å². The number of benzene rings is 2. The SMILES string of the molecule is CCOCCn1c(=NC(=O)CCOc2ccccc2)sc2cc([N+](=O)[O-])ccc21. The number of para-hydroxylation sites is 1. The molecule has 3 aromatic rings. The van der Waals surface area contributed by atoms with Crippen molar-refractivity contribution in [2.45, 2.75) is 19.9 Å². The summed E-state index contributed by atoms with van der Waals surface area (Å²) in [5.41, 5.74) is 0.789. The molecule has 0 aliphatic carbocycles. The van der Waals surface area contributed by atoms with Crippen molar-refractivity contribution >= 4 is 33.1 Å². The maximum absolute atomic E-state index is 12.3. The first-order valence-electron chi connectivity index (χ1n) is 9.19. The Morgan fingerprint density at radius 3 is 2.72 bits per heavy atom. The van der Waals surface area contributed by atoms with Gasteiger partial charge in [0.1, 0.15) is 5.75 Å². The molecule has 0 aliphatic heterocycles. The van der Waals surface area contributed by atoms with Crippen LogP contribution in [0.4, 0.5) is 5.69 Å². The first-order chi connectivity index (χ1) is 14.1. The highest BCUT2D eigenvalue weighted by Gasteiger charge is 2.13. The van der Waals surface area contributed by atoms with Gasteiger partial charge in [-0.05, 0) is 25.1 Å². The number of rotatable bonds is 9. The fourth-order valence-electron chi connectivity index (χ4n) is 2.71. The lowest BCUT2D eigenvalue weighted by molar-refractivity contribution is -0.384. The first kappa shape index (κ1) is 20.7. The zero-order valence-electron chi connectivity index (χ0n) is 15.9. The van der Waals surface area contributed by atoms with Gasteiger partial charge in [-0.2, -0.15) is 4.99 Å². The highest BCUT2D eigenvalue weighted by atomic mass is 32.1. The quantitative estimate of drug-likeness (QED) is 0.303. The zero-order chi connectivity index (χ0) is 20.6. The number of non-ortho nitro benzene ring substituents is 1. The number of aromatic nitrogens is 1. The van der Waals surface area contributed by atoms with Crippen LogP contribution in [0.25, 0.3) is 10.2 Å². The van der Waals surface area contributed by atoms with Gasteiger partial charge in [0.05, 0.1) is 34.8 Å². The molecule has 1 aromatic heterocycles. The lowest BCUT2D eigenvalue weighted by atomic mass is 10.3. The van der Waals surface area contributed by atoms with Crippen molar-refractivity contribution in [3.63, 3.8) is 0 Å². The molecule has 0 unspecified atom stereocenters. The highest BCUT2D eigenvalue weighted by molar-refractivity contribution is 7.16. The third-order valence-corrected chi connectivity index (χ3v) is 5.13. The molecular weight excluding hydrogens is 394 g/mol. The highest BCUT2D eigenvalue weighted by Crippen LogP contribution is 2.23. The molecule has 0 atom stereocenters. The van der Waals surface area contributed by atoms with Crippen molar-refractivity contribution < 1.29 is 19.2 Å². The molecule has 0 radical (unpaired) electrons. The molecule has 152 valence electrons. The molecule has 0 spiro atoms. The van der Waals surface area contributed by atoms with E-state index in [1.807, 2.05) is 41.8 Å². The van der Waals surface area contributed by atoms with E-state index in [1.54, 1.807) is 6.07 Å². The van der Waals surface area contributed by atoms with Crippen LogP contribution in [0.5, 0.6) is 5.75 Å². The second-order valence-corrected chi connectivity index (χ2v) is 7.07. The summed E-state index contributed by atoms with van der Waals surface area (Å²) >= 11 is 1.25. The van der Waals surface area contributed by atoms with Crippen molar-refractivity contribution in [1.82, 2.24) is 4.57 Å².